The number of hydrogen-bond donors (Lipinski definition) is 2. The third-order valence-electron chi connectivity index (χ3n) is 4.26. The first-order chi connectivity index (χ1) is 12.4. The number of hydrogen-bond acceptors (Lipinski definition) is 5. The fraction of sp³-hybridized carbons (Fsp3) is 0.500. The van der Waals surface area contributed by atoms with Crippen molar-refractivity contribution in [2.45, 2.75) is 19.9 Å². The van der Waals surface area contributed by atoms with E-state index in [0.717, 1.165) is 0 Å². The molecule has 1 aromatic carbocycles. The summed E-state index contributed by atoms with van der Waals surface area (Å²) in [5.74, 6) is -0.355. The Balaban J connectivity index is 1.85. The molecule has 0 unspecified atom stereocenters. The lowest BCUT2D eigenvalue weighted by molar-refractivity contribution is -0.137. The number of likely N-dealkylation sites (N-methyl/N-ethyl adjacent to an activating group) is 1. The number of nitrogens with one attached hydrogen (secondary N) is 2. The first-order valence-corrected chi connectivity index (χ1v) is 8.61. The lowest BCUT2D eigenvalue weighted by Gasteiger charge is -2.30. The molecule has 1 aromatic rings. The molecule has 0 bridgehead atoms. The van der Waals surface area contributed by atoms with Crippen molar-refractivity contribution in [2.75, 3.05) is 50.5 Å². The summed E-state index contributed by atoms with van der Waals surface area (Å²) in [6.07, 6.45) is 0. The summed E-state index contributed by atoms with van der Waals surface area (Å²) in [5.41, 5.74) is 1.29. The first-order valence-electron chi connectivity index (χ1n) is 8.61. The van der Waals surface area contributed by atoms with Gasteiger partial charge in [0.1, 0.15) is 0 Å². The van der Waals surface area contributed by atoms with Gasteiger partial charge < -0.3 is 20.3 Å². The molecule has 1 atom stereocenters. The van der Waals surface area contributed by atoms with Gasteiger partial charge in [0, 0.05) is 31.4 Å². The van der Waals surface area contributed by atoms with Gasteiger partial charge in [-0.3, -0.25) is 19.3 Å². The zero-order valence-electron chi connectivity index (χ0n) is 15.4. The van der Waals surface area contributed by atoms with E-state index < -0.39 is 6.04 Å². The highest BCUT2D eigenvalue weighted by Gasteiger charge is 2.23. The van der Waals surface area contributed by atoms with Crippen LogP contribution < -0.4 is 10.6 Å². The van der Waals surface area contributed by atoms with Crippen LogP contribution in [-0.2, 0) is 19.1 Å². The number of carbonyl (C=O) groups excluding carboxylic acids is 3. The Bertz CT molecular complexity index is 641. The second kappa shape index (κ2) is 9.30. The molecule has 1 aliphatic rings. The SMILES string of the molecule is CC(=O)Nc1ccc(NC(=O)[C@@H](C)N(C)CC(=O)N2CCOCC2)cc1. The van der Waals surface area contributed by atoms with Gasteiger partial charge in [-0.15, -0.1) is 0 Å². The molecule has 1 saturated heterocycles. The molecule has 0 aromatic heterocycles. The molecule has 2 N–H and O–H groups in total. The first kappa shape index (κ1) is 19.9. The third-order valence-corrected chi connectivity index (χ3v) is 4.26. The normalized spacial score (nSPS) is 15.5. The molecule has 3 amide bonds. The maximum Gasteiger partial charge on any atom is 0.241 e. The van der Waals surface area contributed by atoms with Gasteiger partial charge in [-0.05, 0) is 38.2 Å². The maximum absolute atomic E-state index is 12.4. The molecule has 8 heteroatoms. The smallest absolute Gasteiger partial charge is 0.241 e. The van der Waals surface area contributed by atoms with Crippen molar-refractivity contribution in [1.29, 1.82) is 0 Å². The summed E-state index contributed by atoms with van der Waals surface area (Å²) in [5, 5.41) is 5.49. The van der Waals surface area contributed by atoms with Crippen molar-refractivity contribution in [3.05, 3.63) is 24.3 Å². The van der Waals surface area contributed by atoms with Crippen LogP contribution in [0.5, 0.6) is 0 Å². The third kappa shape index (κ3) is 5.82. The van der Waals surface area contributed by atoms with E-state index in [-0.39, 0.29) is 24.3 Å². The van der Waals surface area contributed by atoms with E-state index in [1.54, 1.807) is 48.0 Å². The second-order valence-electron chi connectivity index (χ2n) is 6.33. The average Bonchev–Trinajstić information content (AvgIpc) is 2.62. The van der Waals surface area contributed by atoms with Crippen molar-refractivity contribution in [3.8, 4) is 0 Å². The number of anilines is 2. The van der Waals surface area contributed by atoms with Gasteiger partial charge in [-0.1, -0.05) is 0 Å². The zero-order chi connectivity index (χ0) is 19.1. The number of rotatable bonds is 6. The predicted molar refractivity (Wildman–Crippen MR) is 98.9 cm³/mol. The monoisotopic (exact) mass is 362 g/mol. The summed E-state index contributed by atoms with van der Waals surface area (Å²) >= 11 is 0. The predicted octanol–water partition coefficient (Wildman–Crippen LogP) is 0.763. The van der Waals surface area contributed by atoms with Crippen LogP contribution in [0.1, 0.15) is 13.8 Å². The molecule has 0 radical (unpaired) electrons. The van der Waals surface area contributed by atoms with Crippen molar-refractivity contribution in [2.24, 2.45) is 0 Å². The fourth-order valence-corrected chi connectivity index (χ4v) is 2.55. The number of ether oxygens (including phenoxy) is 1. The molecule has 2 rings (SSSR count). The fourth-order valence-electron chi connectivity index (χ4n) is 2.55. The molecule has 1 heterocycles. The molecule has 142 valence electrons. The van der Waals surface area contributed by atoms with Gasteiger partial charge in [0.2, 0.25) is 17.7 Å². The van der Waals surface area contributed by atoms with Crippen molar-refractivity contribution < 1.29 is 19.1 Å². The molecule has 0 aliphatic carbocycles. The highest BCUT2D eigenvalue weighted by molar-refractivity contribution is 5.95. The molecule has 1 aliphatic heterocycles. The topological polar surface area (TPSA) is 91.0 Å². The zero-order valence-corrected chi connectivity index (χ0v) is 15.4. The van der Waals surface area contributed by atoms with Crippen LogP contribution in [0, 0.1) is 0 Å². The Kier molecular flexibility index (Phi) is 7.11. The average molecular weight is 362 g/mol. The second-order valence-corrected chi connectivity index (χ2v) is 6.33. The lowest BCUT2D eigenvalue weighted by atomic mass is 10.2. The Hall–Kier alpha value is -2.45. The van der Waals surface area contributed by atoms with Crippen LogP contribution >= 0.6 is 0 Å². The summed E-state index contributed by atoms with van der Waals surface area (Å²) in [7, 11) is 1.75. The number of amides is 3. The van der Waals surface area contributed by atoms with E-state index in [1.807, 2.05) is 0 Å². The molecular formula is C18H26N4O4. The number of nitrogens with zero attached hydrogens (tertiary/aromatic N) is 2. The highest BCUT2D eigenvalue weighted by atomic mass is 16.5. The van der Waals surface area contributed by atoms with Gasteiger partial charge in [0.15, 0.2) is 0 Å². The number of benzene rings is 1. The number of morpholine rings is 1. The van der Waals surface area contributed by atoms with Crippen LogP contribution in [0.2, 0.25) is 0 Å². The van der Waals surface area contributed by atoms with Crippen LogP contribution in [0.4, 0.5) is 11.4 Å². The van der Waals surface area contributed by atoms with E-state index >= 15 is 0 Å². The Morgan fingerprint density at radius 2 is 1.65 bits per heavy atom. The van der Waals surface area contributed by atoms with E-state index in [0.29, 0.717) is 37.7 Å². The quantitative estimate of drug-likeness (QED) is 0.780. The van der Waals surface area contributed by atoms with Crippen LogP contribution in [0.15, 0.2) is 24.3 Å². The summed E-state index contributed by atoms with van der Waals surface area (Å²) in [4.78, 5) is 39.2. The molecule has 26 heavy (non-hydrogen) atoms. The Morgan fingerprint density at radius 3 is 2.19 bits per heavy atom. The van der Waals surface area contributed by atoms with E-state index in [4.69, 9.17) is 4.74 Å². The maximum atomic E-state index is 12.4. The van der Waals surface area contributed by atoms with Crippen molar-refractivity contribution in [3.63, 3.8) is 0 Å². The summed E-state index contributed by atoms with van der Waals surface area (Å²) in [6.45, 7) is 5.66. The molecular weight excluding hydrogens is 336 g/mol. The van der Waals surface area contributed by atoms with Gasteiger partial charge in [0.05, 0.1) is 25.8 Å². The van der Waals surface area contributed by atoms with Gasteiger partial charge in [0.25, 0.3) is 0 Å². The highest BCUT2D eigenvalue weighted by Crippen LogP contribution is 2.14. The van der Waals surface area contributed by atoms with E-state index in [1.165, 1.54) is 6.92 Å². The Morgan fingerprint density at radius 1 is 1.12 bits per heavy atom. The molecule has 0 saturated carbocycles. The lowest BCUT2D eigenvalue weighted by Crippen LogP contribution is -2.48. The van der Waals surface area contributed by atoms with Gasteiger partial charge in [-0.25, -0.2) is 0 Å². The van der Waals surface area contributed by atoms with Crippen LogP contribution in [0.25, 0.3) is 0 Å². The largest absolute Gasteiger partial charge is 0.378 e. The molecule has 0 spiro atoms. The van der Waals surface area contributed by atoms with E-state index in [9.17, 15) is 14.4 Å². The minimum Gasteiger partial charge on any atom is -0.378 e. The Labute approximate surface area is 153 Å². The number of carbonyl (C=O) groups is 3. The van der Waals surface area contributed by atoms with Gasteiger partial charge >= 0.3 is 0 Å². The minimum absolute atomic E-state index is 0.00453. The minimum atomic E-state index is -0.463. The van der Waals surface area contributed by atoms with Crippen molar-refractivity contribution in [1.82, 2.24) is 9.80 Å². The summed E-state index contributed by atoms with van der Waals surface area (Å²) in [6, 6.07) is 6.40. The van der Waals surface area contributed by atoms with Crippen LogP contribution in [-0.4, -0.2) is 73.5 Å². The molecule has 1 fully saturated rings. The molecule has 8 nitrogen and oxygen atoms in total. The summed E-state index contributed by atoms with van der Waals surface area (Å²) < 4.78 is 5.24. The van der Waals surface area contributed by atoms with Gasteiger partial charge in [-0.2, -0.15) is 0 Å². The standard InChI is InChI=1S/C18H26N4O4/c1-13(21(3)12-17(24)22-8-10-26-11-9-22)18(25)20-16-6-4-15(5-7-16)19-14(2)23/h4-7,13H,8-12H2,1-3H3,(H,19,23)(H,20,25)/t13-/m1/s1. The van der Waals surface area contributed by atoms with E-state index in [2.05, 4.69) is 10.6 Å². The van der Waals surface area contributed by atoms with Crippen LogP contribution in [0.3, 0.4) is 0 Å². The van der Waals surface area contributed by atoms with Crippen molar-refractivity contribution >= 4 is 29.1 Å².